The summed E-state index contributed by atoms with van der Waals surface area (Å²) in [7, 11) is 0. The van der Waals surface area contributed by atoms with Gasteiger partial charge < -0.3 is 10.4 Å². The third kappa shape index (κ3) is 2.54. The summed E-state index contributed by atoms with van der Waals surface area (Å²) in [6.45, 7) is 5.41. The molecule has 0 spiro atoms. The van der Waals surface area contributed by atoms with Crippen LogP contribution in [-0.4, -0.2) is 23.0 Å². The number of fused-ring (bicyclic) bond motifs is 1. The Balaban J connectivity index is 2.61. The Hall–Kier alpha value is -2.62. The minimum Gasteiger partial charge on any atom is -0.478 e. The molecule has 0 saturated heterocycles. The molecule has 2 aromatic rings. The van der Waals surface area contributed by atoms with Crippen molar-refractivity contribution in [2.45, 2.75) is 13.0 Å². The molecule has 0 aromatic heterocycles. The van der Waals surface area contributed by atoms with Gasteiger partial charge in [0.25, 0.3) is 5.91 Å². The number of carbonyl (C=O) groups excluding carboxylic acids is 1. The van der Waals surface area contributed by atoms with Crippen molar-refractivity contribution < 1.29 is 14.7 Å². The van der Waals surface area contributed by atoms with Crippen LogP contribution in [0.5, 0.6) is 0 Å². The lowest BCUT2D eigenvalue weighted by Gasteiger charge is -2.12. The average Bonchev–Trinajstić information content (AvgIpc) is 2.45. The second-order valence-corrected chi connectivity index (χ2v) is 4.51. The summed E-state index contributed by atoms with van der Waals surface area (Å²) >= 11 is 0. The minimum atomic E-state index is -1.05. The molecule has 20 heavy (non-hydrogen) atoms. The Morgan fingerprint density at radius 2 is 1.80 bits per heavy atom. The third-order valence-corrected chi connectivity index (χ3v) is 3.09. The Kier molecular flexibility index (Phi) is 3.84. The van der Waals surface area contributed by atoms with Crippen molar-refractivity contribution in [1.29, 1.82) is 0 Å². The average molecular weight is 269 g/mol. The molecule has 0 fully saturated rings. The van der Waals surface area contributed by atoms with E-state index in [1.807, 2.05) is 0 Å². The zero-order chi connectivity index (χ0) is 14.7. The number of aromatic carboxylic acids is 1. The van der Waals surface area contributed by atoms with Crippen LogP contribution in [0.4, 0.5) is 0 Å². The first-order chi connectivity index (χ1) is 9.54. The van der Waals surface area contributed by atoms with Crippen LogP contribution < -0.4 is 5.32 Å². The van der Waals surface area contributed by atoms with Crippen molar-refractivity contribution in [2.24, 2.45) is 0 Å². The highest BCUT2D eigenvalue weighted by atomic mass is 16.4. The Morgan fingerprint density at radius 3 is 2.35 bits per heavy atom. The van der Waals surface area contributed by atoms with E-state index in [1.165, 1.54) is 6.07 Å². The lowest BCUT2D eigenvalue weighted by atomic mass is 9.98. The molecule has 2 N–H and O–H groups in total. The molecule has 1 unspecified atom stereocenters. The van der Waals surface area contributed by atoms with Crippen LogP contribution in [0.15, 0.2) is 49.1 Å². The summed E-state index contributed by atoms with van der Waals surface area (Å²) in [5.74, 6) is -1.36. The maximum Gasteiger partial charge on any atom is 0.336 e. The Morgan fingerprint density at radius 1 is 1.20 bits per heavy atom. The summed E-state index contributed by atoms with van der Waals surface area (Å²) in [6, 6.07) is 9.92. The smallest absolute Gasteiger partial charge is 0.336 e. The number of carbonyl (C=O) groups is 2. The topological polar surface area (TPSA) is 66.4 Å². The van der Waals surface area contributed by atoms with E-state index in [-0.39, 0.29) is 17.5 Å². The van der Waals surface area contributed by atoms with Crippen molar-refractivity contribution >= 4 is 22.6 Å². The van der Waals surface area contributed by atoms with Gasteiger partial charge in [-0.15, -0.1) is 6.58 Å². The summed E-state index contributed by atoms with van der Waals surface area (Å²) in [5.41, 5.74) is 0.480. The maximum atomic E-state index is 12.3. The zero-order valence-electron chi connectivity index (χ0n) is 11.1. The molecule has 2 rings (SSSR count). The van der Waals surface area contributed by atoms with Crippen LogP contribution in [0.2, 0.25) is 0 Å². The standard InChI is InChI=1S/C16H15NO3/c1-3-10(2)17-15(18)12-8-4-6-11-7-5-9-13(14(11)12)16(19)20/h3-10H,1H2,2H3,(H,17,18)(H,19,20). The second-order valence-electron chi connectivity index (χ2n) is 4.51. The SMILES string of the molecule is C=CC(C)NC(=O)c1cccc2cccc(C(=O)O)c12. The van der Waals surface area contributed by atoms with Crippen LogP contribution in [-0.2, 0) is 0 Å². The van der Waals surface area contributed by atoms with Crippen LogP contribution in [0.1, 0.15) is 27.6 Å². The van der Waals surface area contributed by atoms with Gasteiger partial charge in [-0.3, -0.25) is 4.79 Å². The van der Waals surface area contributed by atoms with Gasteiger partial charge in [0, 0.05) is 17.0 Å². The molecule has 4 nitrogen and oxygen atoms in total. The fraction of sp³-hybridized carbons (Fsp3) is 0.125. The van der Waals surface area contributed by atoms with Crippen molar-refractivity contribution in [3.63, 3.8) is 0 Å². The maximum absolute atomic E-state index is 12.3. The van der Waals surface area contributed by atoms with E-state index in [0.717, 1.165) is 5.39 Å². The Bertz CT molecular complexity index is 686. The van der Waals surface area contributed by atoms with Crippen molar-refractivity contribution in [2.75, 3.05) is 0 Å². The van der Waals surface area contributed by atoms with Gasteiger partial charge in [-0.25, -0.2) is 4.79 Å². The molecule has 0 aliphatic carbocycles. The van der Waals surface area contributed by atoms with Gasteiger partial charge in [-0.1, -0.05) is 30.3 Å². The lowest BCUT2D eigenvalue weighted by molar-refractivity contribution is 0.0699. The van der Waals surface area contributed by atoms with Gasteiger partial charge in [0.2, 0.25) is 0 Å². The molecule has 0 bridgehead atoms. The molecule has 0 aliphatic rings. The molecule has 0 heterocycles. The molecule has 1 atom stereocenters. The van der Waals surface area contributed by atoms with Gasteiger partial charge in [-0.2, -0.15) is 0 Å². The third-order valence-electron chi connectivity index (χ3n) is 3.09. The quantitative estimate of drug-likeness (QED) is 0.839. The number of amides is 1. The molecule has 102 valence electrons. The van der Waals surface area contributed by atoms with Gasteiger partial charge in [0.1, 0.15) is 0 Å². The summed E-state index contributed by atoms with van der Waals surface area (Å²) in [6.07, 6.45) is 1.61. The Labute approximate surface area is 116 Å². The van der Waals surface area contributed by atoms with E-state index in [0.29, 0.717) is 10.9 Å². The van der Waals surface area contributed by atoms with E-state index in [4.69, 9.17) is 0 Å². The fourth-order valence-corrected chi connectivity index (χ4v) is 2.05. The van der Waals surface area contributed by atoms with Crippen molar-refractivity contribution in [3.8, 4) is 0 Å². The number of hydrogen-bond donors (Lipinski definition) is 2. The van der Waals surface area contributed by atoms with Gasteiger partial charge in [0.05, 0.1) is 5.56 Å². The number of carboxylic acid groups (broad SMARTS) is 1. The van der Waals surface area contributed by atoms with Crippen LogP contribution in [0, 0.1) is 0 Å². The van der Waals surface area contributed by atoms with E-state index >= 15 is 0 Å². The first-order valence-corrected chi connectivity index (χ1v) is 6.23. The number of carboxylic acids is 1. The number of rotatable bonds is 4. The molecule has 4 heteroatoms. The molecule has 0 aliphatic heterocycles. The summed E-state index contributed by atoms with van der Waals surface area (Å²) < 4.78 is 0. The van der Waals surface area contributed by atoms with Crippen LogP contribution >= 0.6 is 0 Å². The molecule has 1 amide bonds. The zero-order valence-corrected chi connectivity index (χ0v) is 11.1. The highest BCUT2D eigenvalue weighted by Gasteiger charge is 2.16. The summed E-state index contributed by atoms with van der Waals surface area (Å²) in [5, 5.41) is 13.2. The lowest BCUT2D eigenvalue weighted by Crippen LogP contribution is -2.31. The van der Waals surface area contributed by atoms with Crippen LogP contribution in [0.3, 0.4) is 0 Å². The number of benzene rings is 2. The monoisotopic (exact) mass is 269 g/mol. The normalized spacial score (nSPS) is 11.8. The van der Waals surface area contributed by atoms with Crippen molar-refractivity contribution in [3.05, 3.63) is 60.2 Å². The predicted octanol–water partition coefficient (Wildman–Crippen LogP) is 2.84. The molecule has 2 aromatic carbocycles. The fourth-order valence-electron chi connectivity index (χ4n) is 2.05. The predicted molar refractivity (Wildman–Crippen MR) is 78.0 cm³/mol. The largest absolute Gasteiger partial charge is 0.478 e. The molecular formula is C16H15NO3. The van der Waals surface area contributed by atoms with Gasteiger partial charge in [-0.05, 0) is 24.4 Å². The minimum absolute atomic E-state index is 0.125. The summed E-state index contributed by atoms with van der Waals surface area (Å²) in [4.78, 5) is 23.6. The van der Waals surface area contributed by atoms with Gasteiger partial charge >= 0.3 is 5.97 Å². The molecular weight excluding hydrogens is 254 g/mol. The van der Waals surface area contributed by atoms with Crippen molar-refractivity contribution in [1.82, 2.24) is 5.32 Å². The second kappa shape index (κ2) is 5.57. The van der Waals surface area contributed by atoms with Gasteiger partial charge in [0.15, 0.2) is 0 Å². The highest BCUT2D eigenvalue weighted by molar-refractivity contribution is 6.14. The van der Waals surface area contributed by atoms with Crippen LogP contribution in [0.25, 0.3) is 10.8 Å². The first kappa shape index (κ1) is 13.8. The number of nitrogens with one attached hydrogen (secondary N) is 1. The van der Waals surface area contributed by atoms with E-state index in [9.17, 15) is 14.7 Å². The molecule has 0 saturated carbocycles. The van der Waals surface area contributed by atoms with E-state index < -0.39 is 5.97 Å². The van der Waals surface area contributed by atoms with E-state index in [1.54, 1.807) is 43.3 Å². The first-order valence-electron chi connectivity index (χ1n) is 6.23. The van der Waals surface area contributed by atoms with E-state index in [2.05, 4.69) is 11.9 Å². The highest BCUT2D eigenvalue weighted by Crippen LogP contribution is 2.23. The number of hydrogen-bond acceptors (Lipinski definition) is 2. The molecule has 0 radical (unpaired) electrons.